The third-order valence-electron chi connectivity index (χ3n) is 2.43. The van der Waals surface area contributed by atoms with Crippen molar-refractivity contribution in [2.45, 2.75) is 11.5 Å². The SMILES string of the molecule is O=S(=O)(Nc1ccc(Br)c(Cl)c1Cl)c1cc(CO)oc1Br. The molecule has 0 aliphatic rings. The fourth-order valence-electron chi connectivity index (χ4n) is 1.46. The van der Waals surface area contributed by atoms with Gasteiger partial charge in [0.05, 0.1) is 15.7 Å². The molecular weight excluding hydrogens is 473 g/mol. The first kappa shape index (κ1) is 17.1. The predicted octanol–water partition coefficient (Wildman–Crippen LogP) is 4.40. The summed E-state index contributed by atoms with van der Waals surface area (Å²) in [6.07, 6.45) is 0. The molecule has 0 spiro atoms. The zero-order valence-corrected chi connectivity index (χ0v) is 15.5. The standard InChI is InChI=1S/C11H7Br2Cl2NO4S/c12-6-1-2-7(10(15)9(6)14)16-21(18,19)8-3-5(4-17)20-11(8)13/h1-3,16-17H,4H2. The summed E-state index contributed by atoms with van der Waals surface area (Å²) in [4.78, 5) is -0.151. The van der Waals surface area contributed by atoms with Crippen molar-refractivity contribution in [1.29, 1.82) is 0 Å². The summed E-state index contributed by atoms with van der Waals surface area (Å²) in [6, 6.07) is 4.24. The summed E-state index contributed by atoms with van der Waals surface area (Å²) in [7, 11) is -3.95. The number of rotatable bonds is 4. The van der Waals surface area contributed by atoms with Gasteiger partial charge in [-0.3, -0.25) is 4.72 Å². The van der Waals surface area contributed by atoms with Gasteiger partial charge in [0.25, 0.3) is 10.0 Å². The lowest BCUT2D eigenvalue weighted by Gasteiger charge is -2.10. The highest BCUT2D eigenvalue weighted by Crippen LogP contribution is 2.37. The van der Waals surface area contributed by atoms with Crippen LogP contribution >= 0.6 is 55.1 Å². The van der Waals surface area contributed by atoms with E-state index in [0.717, 1.165) is 0 Å². The highest BCUT2D eigenvalue weighted by molar-refractivity contribution is 9.10. The van der Waals surface area contributed by atoms with Gasteiger partial charge in [-0.1, -0.05) is 23.2 Å². The largest absolute Gasteiger partial charge is 0.450 e. The maximum absolute atomic E-state index is 12.3. The van der Waals surface area contributed by atoms with Gasteiger partial charge < -0.3 is 9.52 Å². The first-order valence-electron chi connectivity index (χ1n) is 5.31. The molecule has 1 aromatic carbocycles. The fourth-order valence-corrected chi connectivity index (χ4v) is 4.41. The van der Waals surface area contributed by atoms with Crippen LogP contribution in [0.15, 0.2) is 36.7 Å². The number of anilines is 1. The van der Waals surface area contributed by atoms with E-state index in [1.165, 1.54) is 12.1 Å². The van der Waals surface area contributed by atoms with Crippen molar-refractivity contribution in [3.05, 3.63) is 43.1 Å². The molecule has 0 radical (unpaired) electrons. The van der Waals surface area contributed by atoms with Crippen LogP contribution in [0, 0.1) is 0 Å². The number of hydrogen-bond acceptors (Lipinski definition) is 4. The molecule has 0 aliphatic heterocycles. The fraction of sp³-hybridized carbons (Fsp3) is 0.0909. The lowest BCUT2D eigenvalue weighted by molar-refractivity contribution is 0.245. The topological polar surface area (TPSA) is 79.5 Å². The predicted molar refractivity (Wildman–Crippen MR) is 87.3 cm³/mol. The van der Waals surface area contributed by atoms with E-state index in [-0.39, 0.29) is 31.1 Å². The van der Waals surface area contributed by atoms with Crippen LogP contribution in [0.4, 0.5) is 5.69 Å². The number of aliphatic hydroxyl groups excluding tert-OH is 1. The summed E-state index contributed by atoms with van der Waals surface area (Å²) < 4.78 is 32.5. The van der Waals surface area contributed by atoms with Gasteiger partial charge in [0.1, 0.15) is 17.3 Å². The number of benzene rings is 1. The molecule has 0 aliphatic carbocycles. The molecule has 10 heteroatoms. The maximum Gasteiger partial charge on any atom is 0.266 e. The van der Waals surface area contributed by atoms with Gasteiger partial charge in [0.15, 0.2) is 4.67 Å². The van der Waals surface area contributed by atoms with Crippen LogP contribution in [0.1, 0.15) is 5.76 Å². The molecule has 0 amide bonds. The van der Waals surface area contributed by atoms with Crippen molar-refractivity contribution in [2.24, 2.45) is 0 Å². The van der Waals surface area contributed by atoms with Gasteiger partial charge >= 0.3 is 0 Å². The molecule has 114 valence electrons. The molecule has 0 unspecified atom stereocenters. The van der Waals surface area contributed by atoms with Crippen LogP contribution < -0.4 is 4.72 Å². The van der Waals surface area contributed by atoms with Gasteiger partial charge in [-0.25, -0.2) is 8.42 Å². The Morgan fingerprint density at radius 2 is 1.90 bits per heavy atom. The summed E-state index contributed by atoms with van der Waals surface area (Å²) >= 11 is 18.1. The minimum absolute atomic E-state index is 0.0154. The van der Waals surface area contributed by atoms with Crippen LogP contribution in [-0.4, -0.2) is 13.5 Å². The van der Waals surface area contributed by atoms with Crippen molar-refractivity contribution in [3.8, 4) is 0 Å². The molecule has 2 N–H and O–H groups in total. The molecule has 2 rings (SSSR count). The molecule has 0 saturated heterocycles. The first-order valence-corrected chi connectivity index (χ1v) is 9.14. The second-order valence-electron chi connectivity index (χ2n) is 3.84. The zero-order valence-electron chi connectivity index (χ0n) is 10.0. The van der Waals surface area contributed by atoms with E-state index in [1.54, 1.807) is 6.07 Å². The maximum atomic E-state index is 12.3. The molecular formula is C11H7Br2Cl2NO4S. The monoisotopic (exact) mass is 477 g/mol. The Kier molecular flexibility index (Phi) is 5.27. The number of furan rings is 1. The second kappa shape index (κ2) is 6.47. The van der Waals surface area contributed by atoms with Crippen molar-refractivity contribution in [2.75, 3.05) is 4.72 Å². The second-order valence-corrected chi connectivity index (χ2v) is 7.82. The van der Waals surface area contributed by atoms with Crippen LogP contribution in [0.3, 0.4) is 0 Å². The molecule has 1 aromatic heterocycles. The van der Waals surface area contributed by atoms with E-state index < -0.39 is 16.6 Å². The molecule has 0 saturated carbocycles. The summed E-state index contributed by atoms with van der Waals surface area (Å²) in [6.45, 7) is -0.418. The molecule has 0 fully saturated rings. The Hall–Kier alpha value is -0.250. The number of nitrogens with one attached hydrogen (secondary N) is 1. The van der Waals surface area contributed by atoms with Crippen LogP contribution in [0.2, 0.25) is 10.0 Å². The van der Waals surface area contributed by atoms with E-state index in [4.69, 9.17) is 32.7 Å². The lowest BCUT2D eigenvalue weighted by Crippen LogP contribution is -2.13. The van der Waals surface area contributed by atoms with Crippen molar-refractivity contribution < 1.29 is 17.9 Å². The number of sulfonamides is 1. The molecule has 21 heavy (non-hydrogen) atoms. The minimum Gasteiger partial charge on any atom is -0.450 e. The average molecular weight is 480 g/mol. The van der Waals surface area contributed by atoms with Crippen molar-refractivity contribution >= 4 is 70.8 Å². The van der Waals surface area contributed by atoms with Gasteiger partial charge in [0, 0.05) is 10.5 Å². The normalized spacial score (nSPS) is 11.7. The van der Waals surface area contributed by atoms with Gasteiger partial charge in [0.2, 0.25) is 0 Å². The Morgan fingerprint density at radius 1 is 1.24 bits per heavy atom. The highest BCUT2D eigenvalue weighted by atomic mass is 79.9. The van der Waals surface area contributed by atoms with E-state index in [9.17, 15) is 8.42 Å². The van der Waals surface area contributed by atoms with Crippen molar-refractivity contribution in [1.82, 2.24) is 0 Å². The van der Waals surface area contributed by atoms with Crippen molar-refractivity contribution in [3.63, 3.8) is 0 Å². The highest BCUT2D eigenvalue weighted by Gasteiger charge is 2.24. The van der Waals surface area contributed by atoms with E-state index in [1.807, 2.05) is 0 Å². The first-order chi connectivity index (χ1) is 9.76. The van der Waals surface area contributed by atoms with Gasteiger partial charge in [-0.2, -0.15) is 0 Å². The smallest absolute Gasteiger partial charge is 0.266 e. The Labute approximate surface area is 147 Å². The molecule has 5 nitrogen and oxygen atoms in total. The summed E-state index contributed by atoms with van der Waals surface area (Å²) in [5, 5.41) is 9.23. The number of aliphatic hydroxyl groups is 1. The lowest BCUT2D eigenvalue weighted by atomic mass is 10.3. The van der Waals surface area contributed by atoms with E-state index >= 15 is 0 Å². The van der Waals surface area contributed by atoms with E-state index in [0.29, 0.717) is 4.47 Å². The Morgan fingerprint density at radius 3 is 2.48 bits per heavy atom. The summed E-state index contributed by atoms with van der Waals surface area (Å²) in [5.41, 5.74) is 0.128. The third-order valence-corrected chi connectivity index (χ3v) is 6.42. The quantitative estimate of drug-likeness (QED) is 0.637. The molecule has 2 aromatic rings. The molecule has 1 heterocycles. The molecule has 0 atom stereocenters. The van der Waals surface area contributed by atoms with Crippen LogP contribution in [0.5, 0.6) is 0 Å². The zero-order chi connectivity index (χ0) is 15.8. The summed E-state index contributed by atoms with van der Waals surface area (Å²) in [5.74, 6) is 0.113. The minimum atomic E-state index is -3.95. The average Bonchev–Trinajstić information content (AvgIpc) is 2.81. The Balaban J connectivity index is 2.42. The van der Waals surface area contributed by atoms with Crippen LogP contribution in [0.25, 0.3) is 0 Å². The number of halogens is 4. The number of hydrogen-bond donors (Lipinski definition) is 2. The Bertz CT molecular complexity index is 792. The van der Waals surface area contributed by atoms with E-state index in [2.05, 4.69) is 36.6 Å². The molecule has 0 bridgehead atoms. The van der Waals surface area contributed by atoms with Gasteiger partial charge in [-0.15, -0.1) is 0 Å². The van der Waals surface area contributed by atoms with Crippen LogP contribution in [-0.2, 0) is 16.6 Å². The van der Waals surface area contributed by atoms with Gasteiger partial charge in [-0.05, 0) is 44.0 Å². The third kappa shape index (κ3) is 3.57.